The minimum atomic E-state index is -0.436. The molecule has 5 rings (SSSR count). The summed E-state index contributed by atoms with van der Waals surface area (Å²) in [7, 11) is 0. The van der Waals surface area contributed by atoms with Crippen LogP contribution in [0, 0.1) is 6.92 Å². The van der Waals surface area contributed by atoms with Crippen molar-refractivity contribution in [3.8, 4) is 22.7 Å². The van der Waals surface area contributed by atoms with E-state index in [0.29, 0.717) is 10.2 Å². The van der Waals surface area contributed by atoms with E-state index in [1.54, 1.807) is 10.8 Å². The minimum Gasteiger partial charge on any atom is -0.491 e. The van der Waals surface area contributed by atoms with E-state index in [4.69, 9.17) is 9.84 Å². The number of aromatic nitrogens is 5. The Balaban J connectivity index is 1.68. The number of hydrogen-bond donors (Lipinski definition) is 0. The molecule has 5 aromatic rings. The maximum atomic E-state index is 13.0. The predicted molar refractivity (Wildman–Crippen MR) is 132 cm³/mol. The van der Waals surface area contributed by atoms with Gasteiger partial charge in [-0.05, 0) is 63.2 Å². The first-order valence-electron chi connectivity index (χ1n) is 10.7. The van der Waals surface area contributed by atoms with Crippen molar-refractivity contribution in [2.75, 3.05) is 0 Å². The van der Waals surface area contributed by atoms with Crippen LogP contribution in [0.2, 0.25) is 0 Å². The minimum absolute atomic E-state index is 0.0773. The van der Waals surface area contributed by atoms with Crippen LogP contribution >= 0.6 is 11.3 Å². The first kappa shape index (κ1) is 21.7. The number of hydrogen-bond acceptors (Lipinski definition) is 7. The summed E-state index contributed by atoms with van der Waals surface area (Å²) in [5, 5.41) is 8.90. The van der Waals surface area contributed by atoms with Gasteiger partial charge < -0.3 is 4.74 Å². The lowest BCUT2D eigenvalue weighted by Gasteiger charge is -2.09. The molecule has 0 saturated heterocycles. The van der Waals surface area contributed by atoms with E-state index in [1.807, 2.05) is 74.6 Å². The van der Waals surface area contributed by atoms with Gasteiger partial charge in [0, 0.05) is 17.3 Å². The third-order valence-corrected chi connectivity index (χ3v) is 6.05. The molecule has 9 heteroatoms. The van der Waals surface area contributed by atoms with E-state index in [1.165, 1.54) is 11.4 Å². The van der Waals surface area contributed by atoms with E-state index in [2.05, 4.69) is 10.1 Å². The van der Waals surface area contributed by atoms with Crippen molar-refractivity contribution < 1.29 is 4.74 Å². The number of aryl methyl sites for hydroxylation is 1. The van der Waals surface area contributed by atoms with Gasteiger partial charge in [0.1, 0.15) is 17.1 Å². The lowest BCUT2D eigenvalue weighted by molar-refractivity contribution is 0.242. The van der Waals surface area contributed by atoms with Crippen LogP contribution in [-0.2, 0) is 0 Å². The standard InChI is InChI=1S/C25H21N5O3S/c1-15(2)33-20-11-9-17(10-12-20)22-18(14-29(28-22)19-7-5-4-6-8-19)13-21-24(32)30-25(34-21)26-23(31)16(3)27-30/h4-15H,1-3H3. The summed E-state index contributed by atoms with van der Waals surface area (Å²) in [6, 6.07) is 17.4. The van der Waals surface area contributed by atoms with Gasteiger partial charge in [0.15, 0.2) is 0 Å². The van der Waals surface area contributed by atoms with Crippen LogP contribution in [0.25, 0.3) is 28.0 Å². The highest BCUT2D eigenvalue weighted by molar-refractivity contribution is 7.15. The Morgan fingerprint density at radius 2 is 1.74 bits per heavy atom. The average molecular weight is 472 g/mol. The largest absolute Gasteiger partial charge is 0.491 e. The fourth-order valence-corrected chi connectivity index (χ4v) is 4.42. The number of thiazole rings is 1. The molecule has 0 aliphatic heterocycles. The zero-order chi connectivity index (χ0) is 23.8. The number of nitrogens with zero attached hydrogens (tertiary/aromatic N) is 5. The van der Waals surface area contributed by atoms with Crippen molar-refractivity contribution >= 4 is 22.4 Å². The Hall–Kier alpha value is -4.11. The third-order valence-electron chi connectivity index (χ3n) is 5.09. The lowest BCUT2D eigenvalue weighted by atomic mass is 10.1. The zero-order valence-corrected chi connectivity index (χ0v) is 19.6. The summed E-state index contributed by atoms with van der Waals surface area (Å²) < 4.78 is 9.13. The number of benzene rings is 2. The van der Waals surface area contributed by atoms with Crippen LogP contribution in [-0.4, -0.2) is 30.5 Å². The van der Waals surface area contributed by atoms with E-state index in [-0.39, 0.29) is 22.3 Å². The summed E-state index contributed by atoms with van der Waals surface area (Å²) in [6.07, 6.45) is 3.72. The van der Waals surface area contributed by atoms with Gasteiger partial charge in [0.2, 0.25) is 4.96 Å². The number of fused-ring (bicyclic) bond motifs is 1. The maximum Gasteiger partial charge on any atom is 0.295 e. The van der Waals surface area contributed by atoms with Gasteiger partial charge in [-0.3, -0.25) is 9.59 Å². The molecule has 0 aliphatic carbocycles. The van der Waals surface area contributed by atoms with Gasteiger partial charge in [0.25, 0.3) is 11.1 Å². The molecular formula is C25H21N5O3S. The van der Waals surface area contributed by atoms with Crippen molar-refractivity contribution in [1.82, 2.24) is 24.4 Å². The van der Waals surface area contributed by atoms with Crippen LogP contribution in [0.15, 0.2) is 70.4 Å². The summed E-state index contributed by atoms with van der Waals surface area (Å²) in [5.41, 5.74) is 2.66. The topological polar surface area (TPSA) is 91.4 Å². The molecule has 34 heavy (non-hydrogen) atoms. The Kier molecular flexibility index (Phi) is 5.54. The molecule has 170 valence electrons. The monoisotopic (exact) mass is 471 g/mol. The van der Waals surface area contributed by atoms with Crippen LogP contribution in [0.1, 0.15) is 25.1 Å². The molecule has 2 aromatic carbocycles. The molecule has 0 fully saturated rings. The molecule has 0 bridgehead atoms. The summed E-state index contributed by atoms with van der Waals surface area (Å²) in [6.45, 7) is 5.50. The SMILES string of the molecule is Cc1nn2c(=O)c(=Cc3cn(-c4ccccc4)nc3-c3ccc(OC(C)C)cc3)sc2nc1=O. The van der Waals surface area contributed by atoms with Crippen LogP contribution < -0.4 is 20.4 Å². The van der Waals surface area contributed by atoms with Crippen LogP contribution in [0.5, 0.6) is 5.75 Å². The maximum absolute atomic E-state index is 13.0. The van der Waals surface area contributed by atoms with Crippen molar-refractivity contribution in [3.63, 3.8) is 0 Å². The fourth-order valence-electron chi connectivity index (χ4n) is 3.52. The van der Waals surface area contributed by atoms with E-state index >= 15 is 0 Å². The highest BCUT2D eigenvalue weighted by atomic mass is 32.1. The molecule has 3 heterocycles. The second kappa shape index (κ2) is 8.68. The molecule has 3 aromatic heterocycles. The molecule has 0 unspecified atom stereocenters. The lowest BCUT2D eigenvalue weighted by Crippen LogP contribution is -2.27. The molecule has 8 nitrogen and oxygen atoms in total. The normalized spacial score (nSPS) is 12.1. The van der Waals surface area contributed by atoms with Gasteiger partial charge in [0.05, 0.1) is 16.3 Å². The smallest absolute Gasteiger partial charge is 0.295 e. The van der Waals surface area contributed by atoms with Gasteiger partial charge in [-0.2, -0.15) is 19.7 Å². The van der Waals surface area contributed by atoms with Crippen molar-refractivity contribution in [2.24, 2.45) is 0 Å². The number of para-hydroxylation sites is 1. The fraction of sp³-hybridized carbons (Fsp3) is 0.160. The van der Waals surface area contributed by atoms with Crippen molar-refractivity contribution in [3.05, 3.63) is 97.3 Å². The molecule has 0 saturated carbocycles. The average Bonchev–Trinajstić information content (AvgIpc) is 3.37. The van der Waals surface area contributed by atoms with E-state index < -0.39 is 5.56 Å². The highest BCUT2D eigenvalue weighted by Gasteiger charge is 2.14. The van der Waals surface area contributed by atoms with Crippen molar-refractivity contribution in [2.45, 2.75) is 26.9 Å². The molecular weight excluding hydrogens is 450 g/mol. The Labute approximate surface area is 198 Å². The molecule has 0 spiro atoms. The first-order chi connectivity index (χ1) is 16.4. The third kappa shape index (κ3) is 4.13. The Bertz CT molecular complexity index is 1650. The molecule has 0 amide bonds. The predicted octanol–water partition coefficient (Wildman–Crippen LogP) is 3.01. The Morgan fingerprint density at radius 3 is 2.44 bits per heavy atom. The first-order valence-corrected chi connectivity index (χ1v) is 11.5. The molecule has 0 N–H and O–H groups in total. The molecule has 0 aliphatic rings. The number of ether oxygens (including phenoxy) is 1. The van der Waals surface area contributed by atoms with Crippen molar-refractivity contribution in [1.29, 1.82) is 0 Å². The van der Waals surface area contributed by atoms with E-state index in [0.717, 1.165) is 33.9 Å². The zero-order valence-electron chi connectivity index (χ0n) is 18.8. The van der Waals surface area contributed by atoms with E-state index in [9.17, 15) is 9.59 Å². The summed E-state index contributed by atoms with van der Waals surface area (Å²) in [5.74, 6) is 0.774. The van der Waals surface area contributed by atoms with Gasteiger partial charge in [-0.15, -0.1) is 0 Å². The summed E-state index contributed by atoms with van der Waals surface area (Å²) >= 11 is 1.12. The Morgan fingerprint density at radius 1 is 1.00 bits per heavy atom. The second-order valence-corrected chi connectivity index (χ2v) is 9.03. The van der Waals surface area contributed by atoms with Gasteiger partial charge in [-0.25, -0.2) is 4.68 Å². The van der Waals surface area contributed by atoms with Gasteiger partial charge in [-0.1, -0.05) is 29.5 Å². The second-order valence-electron chi connectivity index (χ2n) is 8.02. The molecule has 0 radical (unpaired) electrons. The van der Waals surface area contributed by atoms with Crippen LogP contribution in [0.3, 0.4) is 0 Å². The van der Waals surface area contributed by atoms with Crippen LogP contribution in [0.4, 0.5) is 0 Å². The quantitative estimate of drug-likeness (QED) is 0.391. The number of rotatable bonds is 5. The summed E-state index contributed by atoms with van der Waals surface area (Å²) in [4.78, 5) is 29.1. The highest BCUT2D eigenvalue weighted by Crippen LogP contribution is 2.26. The van der Waals surface area contributed by atoms with Gasteiger partial charge >= 0.3 is 0 Å². The molecule has 0 atom stereocenters.